The zero-order valence-electron chi connectivity index (χ0n) is 13.3. The highest BCUT2D eigenvalue weighted by Crippen LogP contribution is 2.34. The number of anilines is 2. The molecule has 0 bridgehead atoms. The van der Waals surface area contributed by atoms with Gasteiger partial charge in [-0.15, -0.1) is 0 Å². The fourth-order valence-electron chi connectivity index (χ4n) is 2.25. The molecule has 2 N–H and O–H groups in total. The standard InChI is InChI=1S/C17H15BrFN3O2S/c1-2-7-24-22-17(23)12-5-3-10-9-20-25-16(10)15(12)21-14-6-4-11(18)8-13(14)19/h3-6,8-9,21H,2,7H2,1H3,(H,22,23). The number of carbonyl (C=O) groups is 1. The van der Waals surface area contributed by atoms with Crippen molar-refractivity contribution in [2.75, 3.05) is 11.9 Å². The van der Waals surface area contributed by atoms with Crippen LogP contribution in [-0.2, 0) is 4.84 Å². The van der Waals surface area contributed by atoms with Crippen molar-refractivity contribution in [3.05, 3.63) is 52.4 Å². The molecule has 0 radical (unpaired) electrons. The molecule has 0 aliphatic heterocycles. The van der Waals surface area contributed by atoms with Crippen LogP contribution in [0.4, 0.5) is 15.8 Å². The van der Waals surface area contributed by atoms with E-state index in [4.69, 9.17) is 4.84 Å². The van der Waals surface area contributed by atoms with Crippen LogP contribution in [0, 0.1) is 5.82 Å². The van der Waals surface area contributed by atoms with Crippen LogP contribution in [-0.4, -0.2) is 16.9 Å². The van der Waals surface area contributed by atoms with Crippen LogP contribution in [0.25, 0.3) is 10.1 Å². The summed E-state index contributed by atoms with van der Waals surface area (Å²) in [7, 11) is 0. The number of hydroxylamine groups is 1. The summed E-state index contributed by atoms with van der Waals surface area (Å²) < 4.78 is 19.8. The topological polar surface area (TPSA) is 63.2 Å². The Morgan fingerprint density at radius 3 is 2.96 bits per heavy atom. The van der Waals surface area contributed by atoms with Crippen molar-refractivity contribution in [3.63, 3.8) is 0 Å². The molecule has 1 amide bonds. The summed E-state index contributed by atoms with van der Waals surface area (Å²) in [5, 5.41) is 3.90. The predicted octanol–water partition coefficient (Wildman–Crippen LogP) is 5.01. The van der Waals surface area contributed by atoms with Gasteiger partial charge in [-0.1, -0.05) is 28.9 Å². The molecule has 0 aliphatic carbocycles. The van der Waals surface area contributed by atoms with Gasteiger partial charge in [-0.2, -0.15) is 4.37 Å². The molecule has 130 valence electrons. The second-order valence-corrected chi connectivity index (χ2v) is 6.98. The SMILES string of the molecule is CCCONC(=O)c1ccc2cnsc2c1Nc1ccc(Br)cc1F. The first-order valence-corrected chi connectivity index (χ1v) is 9.18. The monoisotopic (exact) mass is 423 g/mol. The smallest absolute Gasteiger partial charge is 0.277 e. The fourth-order valence-corrected chi connectivity index (χ4v) is 3.33. The van der Waals surface area contributed by atoms with Gasteiger partial charge in [-0.25, -0.2) is 9.87 Å². The summed E-state index contributed by atoms with van der Waals surface area (Å²) >= 11 is 4.47. The molecule has 0 atom stereocenters. The van der Waals surface area contributed by atoms with Gasteiger partial charge in [0.25, 0.3) is 5.91 Å². The lowest BCUT2D eigenvalue weighted by Gasteiger charge is -2.14. The van der Waals surface area contributed by atoms with E-state index in [0.29, 0.717) is 22.3 Å². The number of hydrogen-bond acceptors (Lipinski definition) is 5. The van der Waals surface area contributed by atoms with E-state index in [2.05, 4.69) is 31.1 Å². The Balaban J connectivity index is 2.00. The lowest BCUT2D eigenvalue weighted by molar-refractivity contribution is 0.0316. The average molecular weight is 424 g/mol. The normalized spacial score (nSPS) is 10.8. The van der Waals surface area contributed by atoms with Gasteiger partial charge in [0.1, 0.15) is 5.82 Å². The minimum Gasteiger partial charge on any atom is -0.351 e. The molecule has 0 aliphatic rings. The van der Waals surface area contributed by atoms with Crippen LogP contribution in [0.15, 0.2) is 41.0 Å². The zero-order chi connectivity index (χ0) is 17.8. The number of carbonyl (C=O) groups excluding carboxylic acids is 1. The predicted molar refractivity (Wildman–Crippen MR) is 101 cm³/mol. The highest BCUT2D eigenvalue weighted by Gasteiger charge is 2.17. The average Bonchev–Trinajstić information content (AvgIpc) is 3.06. The molecule has 1 aromatic heterocycles. The molecule has 0 saturated heterocycles. The molecule has 0 unspecified atom stereocenters. The number of amides is 1. The fraction of sp³-hybridized carbons (Fsp3) is 0.176. The molecule has 3 aromatic rings. The third kappa shape index (κ3) is 3.97. The van der Waals surface area contributed by atoms with Gasteiger partial charge in [0.2, 0.25) is 0 Å². The molecular weight excluding hydrogens is 409 g/mol. The van der Waals surface area contributed by atoms with Crippen molar-refractivity contribution in [1.82, 2.24) is 9.85 Å². The molecule has 5 nitrogen and oxygen atoms in total. The number of halogens is 2. The molecule has 0 fully saturated rings. The number of hydrogen-bond donors (Lipinski definition) is 2. The van der Waals surface area contributed by atoms with Gasteiger partial charge in [-0.05, 0) is 42.2 Å². The Morgan fingerprint density at radius 1 is 1.36 bits per heavy atom. The largest absolute Gasteiger partial charge is 0.351 e. The number of nitrogens with one attached hydrogen (secondary N) is 2. The van der Waals surface area contributed by atoms with E-state index in [1.165, 1.54) is 17.6 Å². The maximum Gasteiger partial charge on any atom is 0.277 e. The number of rotatable bonds is 6. The highest BCUT2D eigenvalue weighted by molar-refractivity contribution is 9.10. The minimum absolute atomic E-state index is 0.271. The molecule has 0 saturated carbocycles. The Labute approximate surface area is 156 Å². The molecule has 1 heterocycles. The van der Waals surface area contributed by atoms with Gasteiger partial charge in [0.05, 0.1) is 28.2 Å². The van der Waals surface area contributed by atoms with Crippen LogP contribution in [0.1, 0.15) is 23.7 Å². The van der Waals surface area contributed by atoms with Crippen molar-refractivity contribution in [1.29, 1.82) is 0 Å². The van der Waals surface area contributed by atoms with E-state index in [0.717, 1.165) is 16.5 Å². The zero-order valence-corrected chi connectivity index (χ0v) is 15.7. The number of benzene rings is 2. The minimum atomic E-state index is -0.426. The second kappa shape index (κ2) is 7.90. The summed E-state index contributed by atoms with van der Waals surface area (Å²) in [4.78, 5) is 17.6. The molecule has 2 aromatic carbocycles. The van der Waals surface area contributed by atoms with E-state index in [1.807, 2.05) is 6.92 Å². The third-order valence-corrected chi connectivity index (χ3v) is 4.76. The molecule has 3 rings (SSSR count). The molecular formula is C17H15BrFN3O2S. The Morgan fingerprint density at radius 2 is 2.20 bits per heavy atom. The first kappa shape index (κ1) is 17.8. The van der Waals surface area contributed by atoms with E-state index >= 15 is 0 Å². The van der Waals surface area contributed by atoms with E-state index in [9.17, 15) is 9.18 Å². The van der Waals surface area contributed by atoms with Gasteiger partial charge >= 0.3 is 0 Å². The lowest BCUT2D eigenvalue weighted by Crippen LogP contribution is -2.24. The van der Waals surface area contributed by atoms with Crippen LogP contribution in [0.5, 0.6) is 0 Å². The lowest BCUT2D eigenvalue weighted by atomic mass is 10.1. The second-order valence-electron chi connectivity index (χ2n) is 5.26. The highest BCUT2D eigenvalue weighted by atomic mass is 79.9. The van der Waals surface area contributed by atoms with Crippen molar-refractivity contribution in [2.45, 2.75) is 13.3 Å². The van der Waals surface area contributed by atoms with Gasteiger partial charge in [0.15, 0.2) is 0 Å². The van der Waals surface area contributed by atoms with Crippen molar-refractivity contribution in [2.24, 2.45) is 0 Å². The Hall–Kier alpha value is -2.03. The summed E-state index contributed by atoms with van der Waals surface area (Å²) in [6.45, 7) is 2.36. The van der Waals surface area contributed by atoms with Crippen LogP contribution < -0.4 is 10.8 Å². The molecule has 0 spiro atoms. The van der Waals surface area contributed by atoms with Crippen molar-refractivity contribution < 1.29 is 14.0 Å². The van der Waals surface area contributed by atoms with Gasteiger partial charge in [0, 0.05) is 16.1 Å². The molecule has 25 heavy (non-hydrogen) atoms. The van der Waals surface area contributed by atoms with Crippen molar-refractivity contribution >= 4 is 54.8 Å². The van der Waals surface area contributed by atoms with Crippen LogP contribution >= 0.6 is 27.5 Å². The summed E-state index contributed by atoms with van der Waals surface area (Å²) in [5.41, 5.74) is 3.54. The Bertz CT molecular complexity index is 916. The summed E-state index contributed by atoms with van der Waals surface area (Å²) in [6.07, 6.45) is 2.49. The van der Waals surface area contributed by atoms with Crippen LogP contribution in [0.2, 0.25) is 0 Å². The van der Waals surface area contributed by atoms with Gasteiger partial charge < -0.3 is 5.32 Å². The first-order valence-electron chi connectivity index (χ1n) is 7.61. The van der Waals surface area contributed by atoms with Crippen molar-refractivity contribution in [3.8, 4) is 0 Å². The first-order chi connectivity index (χ1) is 12.1. The Kier molecular flexibility index (Phi) is 5.62. The van der Waals surface area contributed by atoms with E-state index in [1.54, 1.807) is 30.5 Å². The van der Waals surface area contributed by atoms with Gasteiger partial charge in [-0.3, -0.25) is 9.63 Å². The van der Waals surface area contributed by atoms with Crippen LogP contribution in [0.3, 0.4) is 0 Å². The number of nitrogens with zero attached hydrogens (tertiary/aromatic N) is 1. The summed E-state index contributed by atoms with van der Waals surface area (Å²) in [6, 6.07) is 8.16. The van der Waals surface area contributed by atoms with E-state index < -0.39 is 11.7 Å². The number of aromatic nitrogens is 1. The molecule has 8 heteroatoms. The quantitative estimate of drug-likeness (QED) is 0.431. The van der Waals surface area contributed by atoms with E-state index in [-0.39, 0.29) is 5.69 Å². The maximum absolute atomic E-state index is 14.2. The number of fused-ring (bicyclic) bond motifs is 1. The maximum atomic E-state index is 14.2. The third-order valence-electron chi connectivity index (χ3n) is 3.43. The summed E-state index contributed by atoms with van der Waals surface area (Å²) in [5.74, 6) is -0.826.